The number of carbonyl (C=O) groups is 2. The zero-order valence-electron chi connectivity index (χ0n) is 15.4. The summed E-state index contributed by atoms with van der Waals surface area (Å²) in [5.41, 5.74) is 0.619. The van der Waals surface area contributed by atoms with Crippen molar-refractivity contribution < 1.29 is 14.3 Å². The van der Waals surface area contributed by atoms with E-state index >= 15 is 0 Å². The molecule has 0 atom stereocenters. The van der Waals surface area contributed by atoms with Crippen LogP contribution in [-0.4, -0.2) is 53.7 Å². The first-order valence-electron chi connectivity index (χ1n) is 9.61. The predicted octanol–water partition coefficient (Wildman–Crippen LogP) is 2.79. The predicted molar refractivity (Wildman–Crippen MR) is 99.2 cm³/mol. The summed E-state index contributed by atoms with van der Waals surface area (Å²) in [6, 6.07) is 4.10. The van der Waals surface area contributed by atoms with Crippen molar-refractivity contribution in [2.45, 2.75) is 57.5 Å². The van der Waals surface area contributed by atoms with Crippen LogP contribution in [0.5, 0.6) is 0 Å². The van der Waals surface area contributed by atoms with Gasteiger partial charge in [-0.05, 0) is 44.7 Å². The van der Waals surface area contributed by atoms with Crippen molar-refractivity contribution in [3.63, 3.8) is 0 Å². The highest BCUT2D eigenvalue weighted by molar-refractivity contribution is 5.95. The van der Waals surface area contributed by atoms with E-state index in [4.69, 9.17) is 4.74 Å². The molecule has 26 heavy (non-hydrogen) atoms. The summed E-state index contributed by atoms with van der Waals surface area (Å²) < 4.78 is 5.02. The summed E-state index contributed by atoms with van der Waals surface area (Å²) in [5, 5.41) is 6.50. The van der Waals surface area contributed by atoms with Crippen LogP contribution in [0.1, 0.15) is 55.8 Å². The number of carbonyl (C=O) groups excluding carboxylic acids is 2. The number of ether oxygens (including phenoxy) is 1. The number of rotatable bonds is 5. The first-order valence-corrected chi connectivity index (χ1v) is 9.61. The van der Waals surface area contributed by atoms with Gasteiger partial charge < -0.3 is 20.3 Å². The third-order valence-electron chi connectivity index (χ3n) is 5.09. The number of amides is 2. The summed E-state index contributed by atoms with van der Waals surface area (Å²) in [5.74, 6) is 0.679. The fourth-order valence-corrected chi connectivity index (χ4v) is 3.62. The molecule has 0 aromatic carbocycles. The van der Waals surface area contributed by atoms with Gasteiger partial charge in [0.05, 0.1) is 6.61 Å². The van der Waals surface area contributed by atoms with E-state index in [9.17, 15) is 9.59 Å². The number of hydrogen-bond acceptors (Lipinski definition) is 5. The minimum absolute atomic E-state index is 0.0765. The molecule has 1 aromatic heterocycles. The molecule has 7 heteroatoms. The molecule has 0 spiro atoms. The smallest absolute Gasteiger partial charge is 0.409 e. The van der Waals surface area contributed by atoms with E-state index in [1.54, 1.807) is 24.1 Å². The molecule has 1 aliphatic heterocycles. The van der Waals surface area contributed by atoms with Crippen molar-refractivity contribution in [2.75, 3.05) is 25.0 Å². The summed E-state index contributed by atoms with van der Waals surface area (Å²) in [6.45, 7) is 3.40. The van der Waals surface area contributed by atoms with Crippen LogP contribution in [0.2, 0.25) is 0 Å². The zero-order valence-corrected chi connectivity index (χ0v) is 15.4. The standard InChI is InChI=1S/C19H28N4O3/c1-2-26-19(25)23-11-8-16(9-12-23)22-18(24)14-7-10-20-17(13-14)21-15-5-3-4-6-15/h7,10,13,15-16H,2-6,8-9,11-12H2,1H3,(H,20,21)(H,22,24). The van der Waals surface area contributed by atoms with Gasteiger partial charge in [0.1, 0.15) is 5.82 Å². The number of likely N-dealkylation sites (tertiary alicyclic amines) is 1. The number of hydrogen-bond donors (Lipinski definition) is 2. The quantitative estimate of drug-likeness (QED) is 0.844. The Morgan fingerprint density at radius 1 is 1.19 bits per heavy atom. The van der Waals surface area contributed by atoms with Crippen molar-refractivity contribution in [3.05, 3.63) is 23.9 Å². The Morgan fingerprint density at radius 2 is 1.92 bits per heavy atom. The Hall–Kier alpha value is -2.31. The lowest BCUT2D eigenvalue weighted by molar-refractivity contribution is 0.0860. The summed E-state index contributed by atoms with van der Waals surface area (Å²) in [7, 11) is 0. The zero-order chi connectivity index (χ0) is 18.4. The number of piperidine rings is 1. The van der Waals surface area contributed by atoms with E-state index < -0.39 is 0 Å². The van der Waals surface area contributed by atoms with Gasteiger partial charge in [0.25, 0.3) is 5.91 Å². The number of aromatic nitrogens is 1. The molecule has 0 unspecified atom stereocenters. The van der Waals surface area contributed by atoms with Gasteiger partial charge in [-0.15, -0.1) is 0 Å². The maximum absolute atomic E-state index is 12.5. The average Bonchev–Trinajstić information content (AvgIpc) is 3.16. The van der Waals surface area contributed by atoms with Crippen molar-refractivity contribution in [3.8, 4) is 0 Å². The molecule has 7 nitrogen and oxygen atoms in total. The molecular formula is C19H28N4O3. The van der Waals surface area contributed by atoms with Gasteiger partial charge in [-0.2, -0.15) is 0 Å². The molecule has 2 heterocycles. The summed E-state index contributed by atoms with van der Waals surface area (Å²) >= 11 is 0. The topological polar surface area (TPSA) is 83.6 Å². The van der Waals surface area contributed by atoms with E-state index in [2.05, 4.69) is 15.6 Å². The number of anilines is 1. The highest BCUT2D eigenvalue weighted by Crippen LogP contribution is 2.21. The van der Waals surface area contributed by atoms with Crippen molar-refractivity contribution in [2.24, 2.45) is 0 Å². The second kappa shape index (κ2) is 8.87. The normalized spacial score (nSPS) is 18.6. The SMILES string of the molecule is CCOC(=O)N1CCC(NC(=O)c2ccnc(NC3CCCC3)c2)CC1. The molecule has 1 saturated carbocycles. The average molecular weight is 360 g/mol. The first-order chi connectivity index (χ1) is 12.7. The van der Waals surface area contributed by atoms with Crippen LogP contribution in [0, 0.1) is 0 Å². The van der Waals surface area contributed by atoms with E-state index in [0.29, 0.717) is 31.3 Å². The fraction of sp³-hybridized carbons (Fsp3) is 0.632. The number of pyridine rings is 1. The van der Waals surface area contributed by atoms with Gasteiger partial charge in [-0.3, -0.25) is 4.79 Å². The summed E-state index contributed by atoms with van der Waals surface area (Å²) in [6.07, 6.45) is 7.72. The third-order valence-corrected chi connectivity index (χ3v) is 5.09. The highest BCUT2D eigenvalue weighted by Gasteiger charge is 2.25. The summed E-state index contributed by atoms with van der Waals surface area (Å²) in [4.78, 5) is 30.3. The van der Waals surface area contributed by atoms with Crippen LogP contribution in [0.3, 0.4) is 0 Å². The van der Waals surface area contributed by atoms with Crippen molar-refractivity contribution in [1.29, 1.82) is 0 Å². The Balaban J connectivity index is 1.50. The monoisotopic (exact) mass is 360 g/mol. The molecule has 0 radical (unpaired) electrons. The Labute approximate surface area is 154 Å². The maximum atomic E-state index is 12.5. The van der Waals surface area contributed by atoms with Crippen LogP contribution in [0.15, 0.2) is 18.3 Å². The highest BCUT2D eigenvalue weighted by atomic mass is 16.6. The Morgan fingerprint density at radius 3 is 2.62 bits per heavy atom. The van der Waals surface area contributed by atoms with E-state index in [-0.39, 0.29) is 18.0 Å². The Kier molecular flexibility index (Phi) is 6.30. The molecule has 2 fully saturated rings. The molecule has 0 bridgehead atoms. The first kappa shape index (κ1) is 18.5. The van der Waals surface area contributed by atoms with Crippen LogP contribution in [0.25, 0.3) is 0 Å². The second-order valence-corrected chi connectivity index (χ2v) is 6.99. The number of nitrogens with zero attached hydrogens (tertiary/aromatic N) is 2. The minimum atomic E-state index is -0.269. The van der Waals surface area contributed by atoms with Crippen LogP contribution in [0.4, 0.5) is 10.6 Å². The van der Waals surface area contributed by atoms with Gasteiger partial charge in [0.15, 0.2) is 0 Å². The molecule has 142 valence electrons. The molecule has 3 rings (SSSR count). The minimum Gasteiger partial charge on any atom is -0.450 e. The van der Waals surface area contributed by atoms with Gasteiger partial charge in [0.2, 0.25) is 0 Å². The largest absolute Gasteiger partial charge is 0.450 e. The van der Waals surface area contributed by atoms with Crippen LogP contribution >= 0.6 is 0 Å². The number of nitrogens with one attached hydrogen (secondary N) is 2. The third kappa shape index (κ3) is 4.86. The fourth-order valence-electron chi connectivity index (χ4n) is 3.62. The van der Waals surface area contributed by atoms with Gasteiger partial charge in [-0.1, -0.05) is 12.8 Å². The van der Waals surface area contributed by atoms with E-state index in [0.717, 1.165) is 31.5 Å². The molecule has 1 aromatic rings. The molecule has 2 amide bonds. The van der Waals surface area contributed by atoms with Gasteiger partial charge >= 0.3 is 6.09 Å². The molecule has 1 aliphatic carbocycles. The Bertz CT molecular complexity index is 623. The van der Waals surface area contributed by atoms with Crippen molar-refractivity contribution in [1.82, 2.24) is 15.2 Å². The molecule has 2 aliphatic rings. The van der Waals surface area contributed by atoms with E-state index in [1.165, 1.54) is 12.8 Å². The van der Waals surface area contributed by atoms with Crippen molar-refractivity contribution >= 4 is 17.8 Å². The molecule has 2 N–H and O–H groups in total. The van der Waals surface area contributed by atoms with E-state index in [1.807, 2.05) is 6.07 Å². The lowest BCUT2D eigenvalue weighted by Crippen LogP contribution is -2.46. The lowest BCUT2D eigenvalue weighted by Gasteiger charge is -2.31. The van der Waals surface area contributed by atoms with Crippen LogP contribution in [-0.2, 0) is 4.74 Å². The van der Waals surface area contributed by atoms with Gasteiger partial charge in [0, 0.05) is 36.9 Å². The molecular weight excluding hydrogens is 332 g/mol. The molecule has 1 saturated heterocycles. The lowest BCUT2D eigenvalue weighted by atomic mass is 10.0. The maximum Gasteiger partial charge on any atom is 0.409 e. The second-order valence-electron chi connectivity index (χ2n) is 6.99. The van der Waals surface area contributed by atoms with Crippen LogP contribution < -0.4 is 10.6 Å². The van der Waals surface area contributed by atoms with Gasteiger partial charge in [-0.25, -0.2) is 9.78 Å².